The molecule has 2 aliphatic rings. The van der Waals surface area contributed by atoms with Gasteiger partial charge in [-0.3, -0.25) is 9.69 Å². The second kappa shape index (κ2) is 6.20. The number of para-hydroxylation sites is 1. The van der Waals surface area contributed by atoms with Gasteiger partial charge in [0.15, 0.2) is 11.5 Å². The van der Waals surface area contributed by atoms with Crippen LogP contribution in [0.25, 0.3) is 0 Å². The van der Waals surface area contributed by atoms with Crippen LogP contribution in [0.4, 0.5) is 8.78 Å². The Bertz CT molecular complexity index is 841. The standard InChI is InChI=1S/C16H17F2N5O3/c17-16(18)25-12-5-1-3-10(13(12)26-16)7-22-6-2-4-11(8-22)23-9-20-15(21-23)14(19)24/h1,3,5,9,11H,2,4,6-8H2,(H2,19,24). The molecule has 1 aromatic carbocycles. The number of halogens is 2. The van der Waals surface area contributed by atoms with Crippen molar-refractivity contribution in [2.24, 2.45) is 5.73 Å². The number of likely N-dealkylation sites (tertiary alicyclic amines) is 1. The molecule has 10 heteroatoms. The fourth-order valence-electron chi connectivity index (χ4n) is 3.34. The van der Waals surface area contributed by atoms with Crippen LogP contribution in [-0.4, -0.2) is 45.0 Å². The van der Waals surface area contributed by atoms with Crippen molar-refractivity contribution in [3.63, 3.8) is 0 Å². The topological polar surface area (TPSA) is 95.5 Å². The van der Waals surface area contributed by atoms with Gasteiger partial charge in [-0.15, -0.1) is 13.9 Å². The van der Waals surface area contributed by atoms with Crippen LogP contribution in [0.1, 0.15) is 35.1 Å². The first-order valence-electron chi connectivity index (χ1n) is 8.22. The largest absolute Gasteiger partial charge is 0.586 e. The monoisotopic (exact) mass is 365 g/mol. The minimum absolute atomic E-state index is 0.0178. The van der Waals surface area contributed by atoms with Gasteiger partial charge in [-0.1, -0.05) is 12.1 Å². The highest BCUT2D eigenvalue weighted by Gasteiger charge is 2.44. The molecule has 3 heterocycles. The van der Waals surface area contributed by atoms with Gasteiger partial charge in [0.2, 0.25) is 5.82 Å². The summed E-state index contributed by atoms with van der Waals surface area (Å²) in [6.07, 6.45) is -0.359. The van der Waals surface area contributed by atoms with E-state index in [9.17, 15) is 13.6 Å². The average molecular weight is 365 g/mol. The molecular weight excluding hydrogens is 348 g/mol. The second-order valence-corrected chi connectivity index (χ2v) is 6.36. The first-order valence-corrected chi connectivity index (χ1v) is 8.22. The highest BCUT2D eigenvalue weighted by molar-refractivity contribution is 5.88. The average Bonchev–Trinajstić information content (AvgIpc) is 3.19. The summed E-state index contributed by atoms with van der Waals surface area (Å²) in [5.74, 6) is -0.565. The number of hydrogen-bond donors (Lipinski definition) is 1. The molecule has 26 heavy (non-hydrogen) atoms. The molecule has 1 aromatic heterocycles. The molecule has 0 aliphatic carbocycles. The Balaban J connectivity index is 1.48. The zero-order valence-corrected chi connectivity index (χ0v) is 13.8. The molecule has 0 radical (unpaired) electrons. The molecule has 1 atom stereocenters. The Labute approximate surface area is 147 Å². The van der Waals surface area contributed by atoms with Crippen molar-refractivity contribution in [3.8, 4) is 11.5 Å². The Morgan fingerprint density at radius 3 is 3.00 bits per heavy atom. The van der Waals surface area contributed by atoms with Gasteiger partial charge in [-0.25, -0.2) is 9.67 Å². The molecular formula is C16H17F2N5O3. The van der Waals surface area contributed by atoms with Crippen LogP contribution in [0.2, 0.25) is 0 Å². The number of fused-ring (bicyclic) bond motifs is 1. The van der Waals surface area contributed by atoms with E-state index in [1.165, 1.54) is 12.4 Å². The smallest absolute Gasteiger partial charge is 0.395 e. The molecule has 0 bridgehead atoms. The van der Waals surface area contributed by atoms with Crippen LogP contribution < -0.4 is 15.2 Å². The molecule has 2 N–H and O–H groups in total. The highest BCUT2D eigenvalue weighted by Crippen LogP contribution is 2.43. The van der Waals surface area contributed by atoms with Crippen LogP contribution in [0.3, 0.4) is 0 Å². The molecule has 0 saturated carbocycles. The van der Waals surface area contributed by atoms with E-state index in [-0.39, 0.29) is 23.4 Å². The minimum Gasteiger partial charge on any atom is -0.395 e. The zero-order valence-electron chi connectivity index (χ0n) is 13.8. The lowest BCUT2D eigenvalue weighted by Crippen LogP contribution is -2.36. The van der Waals surface area contributed by atoms with Crippen molar-refractivity contribution in [1.82, 2.24) is 19.7 Å². The summed E-state index contributed by atoms with van der Waals surface area (Å²) < 4.78 is 37.4. The fraction of sp³-hybridized carbons (Fsp3) is 0.438. The van der Waals surface area contributed by atoms with E-state index in [4.69, 9.17) is 5.73 Å². The Kier molecular flexibility index (Phi) is 3.98. The van der Waals surface area contributed by atoms with Gasteiger partial charge in [0.05, 0.1) is 6.04 Å². The van der Waals surface area contributed by atoms with Crippen molar-refractivity contribution in [3.05, 3.63) is 35.9 Å². The first-order chi connectivity index (χ1) is 12.4. The van der Waals surface area contributed by atoms with Crippen molar-refractivity contribution in [2.75, 3.05) is 13.1 Å². The zero-order chi connectivity index (χ0) is 18.3. The van der Waals surface area contributed by atoms with Crippen molar-refractivity contribution < 1.29 is 23.0 Å². The summed E-state index contributed by atoms with van der Waals surface area (Å²) in [6, 6.07) is 4.89. The normalized spacial score (nSPS) is 21.7. The number of rotatable bonds is 4. The summed E-state index contributed by atoms with van der Waals surface area (Å²) in [5.41, 5.74) is 5.82. The maximum Gasteiger partial charge on any atom is 0.586 e. The number of alkyl halides is 2. The lowest BCUT2D eigenvalue weighted by atomic mass is 10.0. The molecule has 0 spiro atoms. The van der Waals surface area contributed by atoms with Gasteiger partial charge < -0.3 is 15.2 Å². The number of piperidine rings is 1. The minimum atomic E-state index is -3.63. The molecule has 1 saturated heterocycles. The van der Waals surface area contributed by atoms with Gasteiger partial charge >= 0.3 is 6.29 Å². The third-order valence-corrected chi connectivity index (χ3v) is 4.49. The number of carbonyl (C=O) groups is 1. The molecule has 1 amide bonds. The van der Waals surface area contributed by atoms with E-state index < -0.39 is 12.2 Å². The van der Waals surface area contributed by atoms with Crippen molar-refractivity contribution in [1.29, 1.82) is 0 Å². The van der Waals surface area contributed by atoms with E-state index in [0.717, 1.165) is 19.4 Å². The number of nitrogens with zero attached hydrogens (tertiary/aromatic N) is 4. The third-order valence-electron chi connectivity index (χ3n) is 4.49. The summed E-state index contributed by atoms with van der Waals surface area (Å²) >= 11 is 0. The number of amides is 1. The predicted molar refractivity (Wildman–Crippen MR) is 84.7 cm³/mol. The van der Waals surface area contributed by atoms with Crippen molar-refractivity contribution in [2.45, 2.75) is 31.7 Å². The number of benzene rings is 1. The summed E-state index contributed by atoms with van der Waals surface area (Å²) in [7, 11) is 0. The lowest BCUT2D eigenvalue weighted by molar-refractivity contribution is -0.287. The molecule has 4 rings (SSSR count). The molecule has 2 aliphatic heterocycles. The Hall–Kier alpha value is -2.75. The van der Waals surface area contributed by atoms with Crippen LogP contribution in [0.15, 0.2) is 24.5 Å². The summed E-state index contributed by atoms with van der Waals surface area (Å²) in [5, 5.41) is 4.11. The molecule has 8 nitrogen and oxygen atoms in total. The van der Waals surface area contributed by atoms with Crippen LogP contribution in [-0.2, 0) is 6.54 Å². The molecule has 1 unspecified atom stereocenters. The van der Waals surface area contributed by atoms with Gasteiger partial charge in [-0.05, 0) is 25.5 Å². The summed E-state index contributed by atoms with van der Waals surface area (Å²) in [6.45, 7) is 1.90. The second-order valence-electron chi connectivity index (χ2n) is 6.36. The fourth-order valence-corrected chi connectivity index (χ4v) is 3.34. The van der Waals surface area contributed by atoms with Crippen molar-refractivity contribution >= 4 is 5.91 Å². The maximum atomic E-state index is 13.3. The Morgan fingerprint density at radius 1 is 1.38 bits per heavy atom. The van der Waals surface area contributed by atoms with Gasteiger partial charge in [0.25, 0.3) is 5.91 Å². The maximum absolute atomic E-state index is 13.3. The van der Waals surface area contributed by atoms with Crippen LogP contribution in [0, 0.1) is 0 Å². The molecule has 138 valence electrons. The SMILES string of the molecule is NC(=O)c1ncn(C2CCCN(Cc3cccc4c3OC(F)(F)O4)C2)n1. The number of nitrogens with two attached hydrogens (primary N) is 1. The van der Waals surface area contributed by atoms with E-state index in [2.05, 4.69) is 24.5 Å². The first kappa shape index (κ1) is 16.7. The number of aromatic nitrogens is 3. The summed E-state index contributed by atoms with van der Waals surface area (Å²) in [4.78, 5) is 17.2. The third kappa shape index (κ3) is 3.19. The van der Waals surface area contributed by atoms with Gasteiger partial charge in [0.1, 0.15) is 6.33 Å². The Morgan fingerprint density at radius 2 is 2.23 bits per heavy atom. The number of ether oxygens (including phenoxy) is 2. The van der Waals surface area contributed by atoms with Crippen LogP contribution in [0.5, 0.6) is 11.5 Å². The van der Waals surface area contributed by atoms with E-state index in [1.54, 1.807) is 16.8 Å². The van der Waals surface area contributed by atoms with Gasteiger partial charge in [0, 0.05) is 18.7 Å². The number of primary amides is 1. The van der Waals surface area contributed by atoms with Crippen LogP contribution >= 0.6 is 0 Å². The lowest BCUT2D eigenvalue weighted by Gasteiger charge is -2.32. The van der Waals surface area contributed by atoms with E-state index in [0.29, 0.717) is 18.7 Å². The molecule has 1 fully saturated rings. The quantitative estimate of drug-likeness (QED) is 0.883. The number of carbonyl (C=O) groups excluding carboxylic acids is 1. The van der Waals surface area contributed by atoms with E-state index in [1.807, 2.05) is 0 Å². The van der Waals surface area contributed by atoms with E-state index >= 15 is 0 Å². The number of hydrogen-bond acceptors (Lipinski definition) is 6. The molecule has 2 aromatic rings. The highest BCUT2D eigenvalue weighted by atomic mass is 19.3. The predicted octanol–water partition coefficient (Wildman–Crippen LogP) is 1.54. The van der Waals surface area contributed by atoms with Gasteiger partial charge in [-0.2, -0.15) is 0 Å².